The Hall–Kier alpha value is -0.0800. The predicted molar refractivity (Wildman–Crippen MR) is 51.7 cm³/mol. The van der Waals surface area contributed by atoms with Gasteiger partial charge in [0.1, 0.15) is 0 Å². The molecule has 2 saturated heterocycles. The van der Waals surface area contributed by atoms with Crippen LogP contribution in [0.5, 0.6) is 0 Å². The molecule has 13 heavy (non-hydrogen) atoms. The van der Waals surface area contributed by atoms with Crippen molar-refractivity contribution in [2.45, 2.75) is 49.8 Å². The number of methoxy groups -OCH3 is 1. The number of ether oxygens (including phenoxy) is 1. The van der Waals surface area contributed by atoms with E-state index in [1.807, 2.05) is 7.11 Å². The molecule has 2 heterocycles. The van der Waals surface area contributed by atoms with Crippen LogP contribution in [-0.2, 0) is 4.74 Å². The molecule has 0 aromatic carbocycles. The van der Waals surface area contributed by atoms with Crippen molar-refractivity contribution in [2.24, 2.45) is 5.92 Å². The highest BCUT2D eigenvalue weighted by Crippen LogP contribution is 2.52. The van der Waals surface area contributed by atoms with E-state index >= 15 is 0 Å². The molecule has 0 spiro atoms. The van der Waals surface area contributed by atoms with Crippen LogP contribution in [0.2, 0.25) is 0 Å². The van der Waals surface area contributed by atoms with Gasteiger partial charge in [0.2, 0.25) is 0 Å². The second-order valence-electron chi connectivity index (χ2n) is 5.31. The molecule has 0 aromatic rings. The molecular formula is C11H19NO. The predicted octanol–water partition coefficient (Wildman–Crippen LogP) is 1.65. The third-order valence-electron chi connectivity index (χ3n) is 4.67. The number of hydrogen-bond acceptors (Lipinski definition) is 2. The largest absolute Gasteiger partial charge is 0.378 e. The highest BCUT2D eigenvalue weighted by molar-refractivity contribution is 5.07. The molecule has 2 aliphatic carbocycles. The maximum Gasteiger partial charge on any atom is 0.0711 e. The van der Waals surface area contributed by atoms with E-state index in [2.05, 4.69) is 11.9 Å². The molecule has 2 heteroatoms. The van der Waals surface area contributed by atoms with Crippen molar-refractivity contribution in [1.82, 2.24) is 4.90 Å². The zero-order valence-electron chi connectivity index (χ0n) is 8.62. The van der Waals surface area contributed by atoms with Crippen LogP contribution in [0.3, 0.4) is 0 Å². The average Bonchev–Trinajstić information content (AvgIpc) is 2.13. The molecule has 0 amide bonds. The van der Waals surface area contributed by atoms with Gasteiger partial charge in [-0.3, -0.25) is 0 Å². The highest BCUT2D eigenvalue weighted by atomic mass is 16.5. The van der Waals surface area contributed by atoms with E-state index in [0.717, 1.165) is 18.0 Å². The first-order chi connectivity index (χ1) is 6.22. The Bertz CT molecular complexity index is 212. The van der Waals surface area contributed by atoms with Crippen molar-refractivity contribution in [3.05, 3.63) is 0 Å². The number of piperidine rings is 2. The van der Waals surface area contributed by atoms with Gasteiger partial charge in [0.05, 0.1) is 5.60 Å². The van der Waals surface area contributed by atoms with Gasteiger partial charge in [-0.05, 0) is 45.1 Å². The first-order valence-electron chi connectivity index (χ1n) is 5.49. The van der Waals surface area contributed by atoms with Gasteiger partial charge in [-0.25, -0.2) is 0 Å². The Balaban J connectivity index is 1.92. The van der Waals surface area contributed by atoms with E-state index in [0.29, 0.717) is 0 Å². The maximum atomic E-state index is 5.77. The van der Waals surface area contributed by atoms with Gasteiger partial charge in [-0.2, -0.15) is 0 Å². The van der Waals surface area contributed by atoms with Crippen molar-refractivity contribution < 1.29 is 4.74 Å². The van der Waals surface area contributed by atoms with Gasteiger partial charge in [-0.1, -0.05) is 0 Å². The van der Waals surface area contributed by atoms with E-state index in [1.165, 1.54) is 32.1 Å². The van der Waals surface area contributed by atoms with Gasteiger partial charge in [0.15, 0.2) is 0 Å². The molecule has 0 aromatic heterocycles. The molecule has 2 atom stereocenters. The van der Waals surface area contributed by atoms with Crippen LogP contribution in [0.15, 0.2) is 0 Å². The summed E-state index contributed by atoms with van der Waals surface area (Å²) in [5.74, 6) is 0.966. The van der Waals surface area contributed by atoms with Crippen LogP contribution in [0.4, 0.5) is 0 Å². The Morgan fingerprint density at radius 2 is 1.77 bits per heavy atom. The van der Waals surface area contributed by atoms with Crippen molar-refractivity contribution in [3.8, 4) is 0 Å². The van der Waals surface area contributed by atoms with E-state index in [-0.39, 0.29) is 5.60 Å². The van der Waals surface area contributed by atoms with Gasteiger partial charge in [0, 0.05) is 19.2 Å². The summed E-state index contributed by atoms with van der Waals surface area (Å²) in [7, 11) is 4.21. The summed E-state index contributed by atoms with van der Waals surface area (Å²) in [6, 6.07) is 1.65. The SMILES string of the molecule is COC12CC3CC(C1)N(C)C(C3)C2. The minimum atomic E-state index is 0.281. The lowest BCUT2D eigenvalue weighted by Gasteiger charge is -2.60. The number of rotatable bonds is 1. The quantitative estimate of drug-likeness (QED) is 0.610. The van der Waals surface area contributed by atoms with Crippen LogP contribution in [0.25, 0.3) is 0 Å². The molecule has 2 aliphatic heterocycles. The molecule has 0 N–H and O–H groups in total. The third-order valence-corrected chi connectivity index (χ3v) is 4.67. The average molecular weight is 181 g/mol. The number of hydrogen-bond donors (Lipinski definition) is 0. The van der Waals surface area contributed by atoms with Crippen molar-refractivity contribution in [3.63, 3.8) is 0 Å². The topological polar surface area (TPSA) is 12.5 Å². The van der Waals surface area contributed by atoms with Crippen LogP contribution in [0.1, 0.15) is 32.1 Å². The fraction of sp³-hybridized carbons (Fsp3) is 1.00. The standard InChI is InChI=1S/C11H19NO/c1-12-9-3-8-4-10(12)7-11(5-8,6-9)13-2/h8-10H,3-7H2,1-2H3. The molecule has 4 aliphatic rings. The fourth-order valence-electron chi connectivity index (χ4n) is 4.00. The molecule has 2 nitrogen and oxygen atoms in total. The third kappa shape index (κ3) is 1.02. The summed E-state index contributed by atoms with van der Waals surface area (Å²) in [4.78, 5) is 2.60. The molecule has 4 fully saturated rings. The lowest BCUT2D eigenvalue weighted by molar-refractivity contribution is -0.166. The van der Waals surface area contributed by atoms with Crippen molar-refractivity contribution in [1.29, 1.82) is 0 Å². The van der Waals surface area contributed by atoms with Gasteiger partial charge in [0.25, 0.3) is 0 Å². The van der Waals surface area contributed by atoms with Crippen molar-refractivity contribution >= 4 is 0 Å². The second-order valence-corrected chi connectivity index (χ2v) is 5.31. The van der Waals surface area contributed by atoms with Crippen LogP contribution in [-0.4, -0.2) is 36.7 Å². The summed E-state index contributed by atoms with van der Waals surface area (Å²) in [6.07, 6.45) is 6.76. The normalized spacial score (nSPS) is 54.5. The Morgan fingerprint density at radius 1 is 1.15 bits per heavy atom. The zero-order valence-corrected chi connectivity index (χ0v) is 8.62. The first kappa shape index (κ1) is 8.25. The smallest absolute Gasteiger partial charge is 0.0711 e. The lowest BCUT2D eigenvalue weighted by Crippen LogP contribution is -2.63. The Labute approximate surface area is 80.2 Å². The fourth-order valence-corrected chi connectivity index (χ4v) is 4.00. The van der Waals surface area contributed by atoms with Crippen LogP contribution in [0, 0.1) is 5.92 Å². The summed E-state index contributed by atoms with van der Waals surface area (Å²) in [5, 5.41) is 0. The van der Waals surface area contributed by atoms with E-state index < -0.39 is 0 Å². The van der Waals surface area contributed by atoms with Gasteiger partial charge in [-0.15, -0.1) is 0 Å². The minimum Gasteiger partial charge on any atom is -0.378 e. The van der Waals surface area contributed by atoms with Gasteiger partial charge < -0.3 is 9.64 Å². The first-order valence-corrected chi connectivity index (χ1v) is 5.49. The second kappa shape index (κ2) is 2.48. The molecule has 4 rings (SSSR count). The molecule has 4 bridgehead atoms. The summed E-state index contributed by atoms with van der Waals surface area (Å²) in [6.45, 7) is 0. The zero-order chi connectivity index (χ0) is 9.05. The van der Waals surface area contributed by atoms with Crippen molar-refractivity contribution in [2.75, 3.05) is 14.2 Å². The number of nitrogens with zero attached hydrogens (tertiary/aromatic N) is 1. The summed E-state index contributed by atoms with van der Waals surface area (Å²) in [5.41, 5.74) is 0.281. The highest BCUT2D eigenvalue weighted by Gasteiger charge is 2.53. The Kier molecular flexibility index (Phi) is 1.58. The molecule has 0 radical (unpaired) electrons. The molecule has 2 saturated carbocycles. The molecule has 74 valence electrons. The monoisotopic (exact) mass is 181 g/mol. The minimum absolute atomic E-state index is 0.281. The summed E-state index contributed by atoms with van der Waals surface area (Å²) < 4.78 is 5.77. The van der Waals surface area contributed by atoms with E-state index in [4.69, 9.17) is 4.74 Å². The molecule has 2 unspecified atom stereocenters. The molecular weight excluding hydrogens is 162 g/mol. The van der Waals surface area contributed by atoms with E-state index in [9.17, 15) is 0 Å². The lowest BCUT2D eigenvalue weighted by atomic mass is 9.61. The Morgan fingerprint density at radius 3 is 2.31 bits per heavy atom. The maximum absolute atomic E-state index is 5.77. The van der Waals surface area contributed by atoms with Crippen LogP contribution < -0.4 is 0 Å². The van der Waals surface area contributed by atoms with Gasteiger partial charge >= 0.3 is 0 Å². The van der Waals surface area contributed by atoms with E-state index in [1.54, 1.807) is 0 Å². The van der Waals surface area contributed by atoms with Crippen LogP contribution >= 0.6 is 0 Å². The summed E-state index contributed by atoms with van der Waals surface area (Å²) >= 11 is 0.